The summed E-state index contributed by atoms with van der Waals surface area (Å²) in [5.41, 5.74) is 1.22. The van der Waals surface area contributed by atoms with Gasteiger partial charge in [0.15, 0.2) is 6.04 Å². The molecule has 1 aliphatic heterocycles. The van der Waals surface area contributed by atoms with Gasteiger partial charge in [0.1, 0.15) is 26.2 Å². The number of hydrogen-bond acceptors (Lipinski definition) is 4. The lowest BCUT2D eigenvalue weighted by molar-refractivity contribution is -1.03. The molecule has 1 saturated carbocycles. The number of hydrogen-bond donors (Lipinski definition) is 2. The van der Waals surface area contributed by atoms with Crippen molar-refractivity contribution in [3.05, 3.63) is 40.7 Å². The Hall–Kier alpha value is -1.54. The summed E-state index contributed by atoms with van der Waals surface area (Å²) in [5, 5.41) is 13.4. The fraction of sp³-hybridized carbons (Fsp3) is 0.650. The highest BCUT2D eigenvalue weighted by Gasteiger charge is 2.37. The standard InChI is InChI=1S/C20H29ClN6O/c1-28-15-14-27-20(22-23-24-27)19(16-6-8-17(21)9-7-16)26-12-10-25(11-13-26)18-4-2-3-5-18/h6-9,18-19H,2-5,10-15H2,1H3/p+2/t19-/m0/s1. The van der Waals surface area contributed by atoms with E-state index in [4.69, 9.17) is 16.3 Å². The van der Waals surface area contributed by atoms with Gasteiger partial charge in [-0.15, -0.1) is 5.10 Å². The maximum absolute atomic E-state index is 6.15. The SMILES string of the molecule is COCCn1nnnc1[C@H](c1ccc(Cl)cc1)[NH+]1CC[NH+](C2CCCC2)CC1. The minimum atomic E-state index is 0.120. The number of piperazine rings is 1. The third-order valence-corrected chi connectivity index (χ3v) is 6.66. The Kier molecular flexibility index (Phi) is 6.57. The quantitative estimate of drug-likeness (QED) is 0.668. The number of quaternary nitrogens is 2. The number of benzene rings is 1. The Bertz CT molecular complexity index is 737. The van der Waals surface area contributed by atoms with Crippen LogP contribution in [-0.2, 0) is 11.3 Å². The van der Waals surface area contributed by atoms with E-state index in [2.05, 4.69) is 27.7 Å². The van der Waals surface area contributed by atoms with Crippen molar-refractivity contribution in [3.63, 3.8) is 0 Å². The first-order chi connectivity index (χ1) is 13.8. The van der Waals surface area contributed by atoms with Crippen molar-refractivity contribution in [2.45, 2.75) is 44.3 Å². The van der Waals surface area contributed by atoms with E-state index in [-0.39, 0.29) is 6.04 Å². The van der Waals surface area contributed by atoms with Gasteiger partial charge >= 0.3 is 0 Å². The summed E-state index contributed by atoms with van der Waals surface area (Å²) in [6.45, 7) is 5.98. The highest BCUT2D eigenvalue weighted by molar-refractivity contribution is 6.30. The lowest BCUT2D eigenvalue weighted by Crippen LogP contribution is -3.29. The Morgan fingerprint density at radius 2 is 1.86 bits per heavy atom. The van der Waals surface area contributed by atoms with Crippen LogP contribution in [-0.4, -0.2) is 66.1 Å². The maximum Gasteiger partial charge on any atom is 0.214 e. The first kappa shape index (κ1) is 19.8. The number of rotatable bonds is 7. The van der Waals surface area contributed by atoms with E-state index in [1.54, 1.807) is 12.0 Å². The predicted octanol–water partition coefficient (Wildman–Crippen LogP) is -0.212. The van der Waals surface area contributed by atoms with Gasteiger partial charge in [-0.1, -0.05) is 23.7 Å². The number of ether oxygens (including phenoxy) is 1. The summed E-state index contributed by atoms with van der Waals surface area (Å²) in [6.07, 6.45) is 5.62. The van der Waals surface area contributed by atoms with Gasteiger partial charge in [0.2, 0.25) is 5.82 Å². The molecular weight excluding hydrogens is 376 g/mol. The Morgan fingerprint density at radius 1 is 1.14 bits per heavy atom. The fourth-order valence-corrected chi connectivity index (χ4v) is 5.03. The molecule has 2 heterocycles. The minimum Gasteiger partial charge on any atom is -0.383 e. The van der Waals surface area contributed by atoms with Crippen molar-refractivity contribution in [2.75, 3.05) is 39.9 Å². The van der Waals surface area contributed by atoms with Gasteiger partial charge in [-0.25, -0.2) is 4.68 Å². The van der Waals surface area contributed by atoms with Gasteiger partial charge in [0.05, 0.1) is 19.2 Å². The highest BCUT2D eigenvalue weighted by Crippen LogP contribution is 2.20. The first-order valence-corrected chi connectivity index (χ1v) is 10.8. The Labute approximate surface area is 171 Å². The van der Waals surface area contributed by atoms with E-state index >= 15 is 0 Å². The number of methoxy groups -OCH3 is 1. The van der Waals surface area contributed by atoms with Gasteiger partial charge in [-0.3, -0.25) is 0 Å². The molecule has 0 bridgehead atoms. The molecule has 0 radical (unpaired) electrons. The molecular formula is C20H31ClN6O+2. The molecule has 2 N–H and O–H groups in total. The largest absolute Gasteiger partial charge is 0.383 e. The van der Waals surface area contributed by atoms with Gasteiger partial charge in [-0.05, 0) is 48.2 Å². The van der Waals surface area contributed by atoms with E-state index in [1.807, 2.05) is 16.8 Å². The van der Waals surface area contributed by atoms with Crippen molar-refractivity contribution < 1.29 is 14.5 Å². The van der Waals surface area contributed by atoms with Gasteiger partial charge < -0.3 is 14.5 Å². The summed E-state index contributed by atoms with van der Waals surface area (Å²) in [5.74, 6) is 0.915. The van der Waals surface area contributed by atoms with E-state index in [1.165, 1.54) is 49.2 Å². The second-order valence-electron chi connectivity index (χ2n) is 8.04. The molecule has 1 aliphatic carbocycles. The topological polar surface area (TPSA) is 61.7 Å². The number of aromatic nitrogens is 4. The smallest absolute Gasteiger partial charge is 0.214 e. The molecule has 1 atom stereocenters. The summed E-state index contributed by atoms with van der Waals surface area (Å²) in [7, 11) is 1.71. The Balaban J connectivity index is 1.55. The van der Waals surface area contributed by atoms with Crippen molar-refractivity contribution in [2.24, 2.45) is 0 Å². The van der Waals surface area contributed by atoms with Crippen molar-refractivity contribution in [1.82, 2.24) is 20.2 Å². The molecule has 8 heteroatoms. The van der Waals surface area contributed by atoms with Crippen LogP contribution >= 0.6 is 11.6 Å². The zero-order chi connectivity index (χ0) is 19.3. The molecule has 1 saturated heterocycles. The van der Waals surface area contributed by atoms with Crippen LogP contribution in [0.4, 0.5) is 0 Å². The normalized spacial score (nSPS) is 24.5. The summed E-state index contributed by atoms with van der Waals surface area (Å²) < 4.78 is 7.14. The lowest BCUT2D eigenvalue weighted by atomic mass is 10.0. The molecule has 1 aromatic heterocycles. The monoisotopic (exact) mass is 406 g/mol. The van der Waals surface area contributed by atoms with Crippen LogP contribution in [0.2, 0.25) is 5.02 Å². The van der Waals surface area contributed by atoms with Crippen LogP contribution in [0.3, 0.4) is 0 Å². The summed E-state index contributed by atoms with van der Waals surface area (Å²) >= 11 is 6.15. The van der Waals surface area contributed by atoms with E-state index in [0.29, 0.717) is 13.2 Å². The third-order valence-electron chi connectivity index (χ3n) is 6.40. The number of halogens is 1. The second kappa shape index (κ2) is 9.31. The molecule has 0 spiro atoms. The lowest BCUT2D eigenvalue weighted by Gasteiger charge is -2.36. The molecule has 0 unspecified atom stereocenters. The van der Waals surface area contributed by atoms with Crippen LogP contribution in [0.1, 0.15) is 43.1 Å². The zero-order valence-electron chi connectivity index (χ0n) is 16.6. The molecule has 152 valence electrons. The van der Waals surface area contributed by atoms with Crippen molar-refractivity contribution in [1.29, 1.82) is 0 Å². The van der Waals surface area contributed by atoms with Gasteiger partial charge in [0.25, 0.3) is 0 Å². The number of nitrogens with one attached hydrogen (secondary N) is 2. The summed E-state index contributed by atoms with van der Waals surface area (Å²) in [4.78, 5) is 3.34. The minimum absolute atomic E-state index is 0.120. The zero-order valence-corrected chi connectivity index (χ0v) is 17.4. The van der Waals surface area contributed by atoms with Crippen LogP contribution < -0.4 is 9.80 Å². The van der Waals surface area contributed by atoms with Crippen LogP contribution in [0, 0.1) is 0 Å². The highest BCUT2D eigenvalue weighted by atomic mass is 35.5. The average molecular weight is 407 g/mol. The van der Waals surface area contributed by atoms with Gasteiger partial charge in [-0.2, -0.15) is 0 Å². The fourth-order valence-electron chi connectivity index (χ4n) is 4.90. The average Bonchev–Trinajstić information content (AvgIpc) is 3.41. The molecule has 1 aromatic carbocycles. The first-order valence-electron chi connectivity index (χ1n) is 10.5. The number of tetrazole rings is 1. The van der Waals surface area contributed by atoms with E-state index < -0.39 is 0 Å². The van der Waals surface area contributed by atoms with Crippen LogP contribution in [0.25, 0.3) is 0 Å². The number of nitrogens with zero attached hydrogens (tertiary/aromatic N) is 4. The molecule has 2 aliphatic rings. The summed E-state index contributed by atoms with van der Waals surface area (Å²) in [6, 6.07) is 9.16. The second-order valence-corrected chi connectivity index (χ2v) is 8.47. The third kappa shape index (κ3) is 4.38. The van der Waals surface area contributed by atoms with Crippen LogP contribution in [0.5, 0.6) is 0 Å². The maximum atomic E-state index is 6.15. The molecule has 28 heavy (non-hydrogen) atoms. The van der Waals surface area contributed by atoms with Crippen molar-refractivity contribution in [3.8, 4) is 0 Å². The van der Waals surface area contributed by atoms with Crippen molar-refractivity contribution >= 4 is 11.6 Å². The molecule has 7 nitrogen and oxygen atoms in total. The molecule has 0 amide bonds. The molecule has 2 fully saturated rings. The van der Waals surface area contributed by atoms with E-state index in [0.717, 1.165) is 30.0 Å². The Morgan fingerprint density at radius 3 is 2.54 bits per heavy atom. The molecule has 4 rings (SSSR count). The van der Waals surface area contributed by atoms with Crippen LogP contribution in [0.15, 0.2) is 24.3 Å². The van der Waals surface area contributed by atoms with E-state index in [9.17, 15) is 0 Å². The van der Waals surface area contributed by atoms with Gasteiger partial charge in [0, 0.05) is 17.7 Å². The molecule has 2 aromatic rings. The predicted molar refractivity (Wildman–Crippen MR) is 107 cm³/mol.